The molecule has 0 aliphatic carbocycles. The fourth-order valence-electron chi connectivity index (χ4n) is 11.9. The van der Waals surface area contributed by atoms with Crippen molar-refractivity contribution in [3.63, 3.8) is 0 Å². The Morgan fingerprint density at radius 1 is 0.274 bits per heavy atom. The van der Waals surface area contributed by atoms with Crippen LogP contribution in [0.25, 0.3) is 22.3 Å². The summed E-state index contributed by atoms with van der Waals surface area (Å²) in [5.74, 6) is 0.499. The van der Waals surface area contributed by atoms with Crippen molar-refractivity contribution >= 4 is 68.2 Å². The molecule has 12 aromatic carbocycles. The second kappa shape index (κ2) is 25.3. The number of nitrogens with zero attached hydrogens (tertiary/aromatic N) is 4. The average Bonchev–Trinajstić information content (AvgIpc) is 3.07. The molecule has 84 heavy (non-hydrogen) atoms. The predicted molar refractivity (Wildman–Crippen MR) is 358 cm³/mol. The van der Waals surface area contributed by atoms with E-state index in [4.69, 9.17) is 0 Å². The largest absolute Gasteiger partial charge is 0.311 e. The van der Waals surface area contributed by atoms with E-state index in [0.717, 1.165) is 92.2 Å². The molecule has 1 atom stereocenters. The zero-order chi connectivity index (χ0) is 57.2. The van der Waals surface area contributed by atoms with Crippen molar-refractivity contribution in [3.8, 4) is 22.3 Å². The maximum absolute atomic E-state index is 2.43. The van der Waals surface area contributed by atoms with Crippen molar-refractivity contribution in [3.05, 3.63) is 337 Å². The first-order valence-corrected chi connectivity index (χ1v) is 29.5. The lowest BCUT2D eigenvalue weighted by Crippen LogP contribution is -2.11. The van der Waals surface area contributed by atoms with E-state index in [-0.39, 0.29) is 0 Å². The third-order valence-corrected chi connectivity index (χ3v) is 16.1. The van der Waals surface area contributed by atoms with Crippen LogP contribution < -0.4 is 19.6 Å². The second-order valence-electron chi connectivity index (χ2n) is 21.9. The molecule has 0 fully saturated rings. The summed E-state index contributed by atoms with van der Waals surface area (Å²) in [7, 11) is 0. The fourth-order valence-corrected chi connectivity index (χ4v) is 11.9. The molecule has 1 unspecified atom stereocenters. The quantitative estimate of drug-likeness (QED) is 0.0800. The third kappa shape index (κ3) is 12.1. The maximum atomic E-state index is 2.43. The lowest BCUT2D eigenvalue weighted by Gasteiger charge is -2.28. The van der Waals surface area contributed by atoms with Crippen LogP contribution in [0.4, 0.5) is 68.2 Å². The molecule has 0 saturated carbocycles. The van der Waals surface area contributed by atoms with Gasteiger partial charge in [-0.2, -0.15) is 0 Å². The van der Waals surface area contributed by atoms with Gasteiger partial charge < -0.3 is 19.6 Å². The molecule has 12 rings (SSSR count). The number of hydrogen-bond acceptors (Lipinski definition) is 4. The molecule has 0 amide bonds. The van der Waals surface area contributed by atoms with Crippen LogP contribution in [-0.2, 0) is 6.42 Å². The molecular weight excluding hydrogens is 1020 g/mol. The van der Waals surface area contributed by atoms with Crippen molar-refractivity contribution < 1.29 is 0 Å². The standard InChI is InChI=1S/C80H70N4/c1-5-23-59(2)64-38-44-74(45-39-64)84(78-51-53-80(61(4)55-78)79-52-50-77(54-60(79)3)82(69-30-15-8-16-31-69)70-32-17-9-18-33-70)76-37-22-25-63(58-76)56-62-24-21-36-75(57-62)83(71-34-19-10-20-35-71)73-48-42-66(43-49-73)65-40-46-72(47-41-65)81(67-26-11-6-12-27-67)68-28-13-7-14-29-68/h6-22,24-55,57-59H,5,23,56H2,1-4H3. The summed E-state index contributed by atoms with van der Waals surface area (Å²) in [4.78, 5) is 9.42. The van der Waals surface area contributed by atoms with E-state index in [1.54, 1.807) is 0 Å². The van der Waals surface area contributed by atoms with Crippen molar-refractivity contribution in [1.29, 1.82) is 0 Å². The van der Waals surface area contributed by atoms with Gasteiger partial charge in [0.25, 0.3) is 0 Å². The van der Waals surface area contributed by atoms with Crippen LogP contribution in [0.2, 0.25) is 0 Å². The second-order valence-corrected chi connectivity index (χ2v) is 21.9. The monoisotopic (exact) mass is 1090 g/mol. The lowest BCUT2D eigenvalue weighted by molar-refractivity contribution is 0.665. The minimum atomic E-state index is 0.499. The first-order valence-electron chi connectivity index (χ1n) is 29.5. The third-order valence-electron chi connectivity index (χ3n) is 16.1. The van der Waals surface area contributed by atoms with Crippen LogP contribution in [0.1, 0.15) is 60.4 Å². The molecule has 0 radical (unpaired) electrons. The molecule has 4 heteroatoms. The molecule has 0 N–H and O–H groups in total. The number of hydrogen-bond donors (Lipinski definition) is 0. The Hall–Kier alpha value is -10.2. The van der Waals surface area contributed by atoms with Gasteiger partial charge in [0.1, 0.15) is 0 Å². The van der Waals surface area contributed by atoms with Crippen molar-refractivity contribution in [1.82, 2.24) is 0 Å². The van der Waals surface area contributed by atoms with Crippen LogP contribution in [0, 0.1) is 13.8 Å². The maximum Gasteiger partial charge on any atom is 0.0464 e. The van der Waals surface area contributed by atoms with Gasteiger partial charge in [-0.25, -0.2) is 0 Å². The van der Waals surface area contributed by atoms with Gasteiger partial charge in [-0.3, -0.25) is 0 Å². The Labute approximate surface area is 497 Å². The van der Waals surface area contributed by atoms with E-state index in [9.17, 15) is 0 Å². The SMILES string of the molecule is CCCC(C)c1ccc(N(c2cccc(Cc3cccc(N(c4ccccc4)c4ccc(-c5ccc(N(c6ccccc6)c6ccccc6)cc5)cc4)c3)c2)c2ccc(-c3ccc(N(c4ccccc4)c4ccccc4)cc3C)c(C)c2)cc1. The molecule has 0 saturated heterocycles. The molecule has 4 nitrogen and oxygen atoms in total. The topological polar surface area (TPSA) is 13.0 Å². The molecule has 0 aliphatic heterocycles. The van der Waals surface area contributed by atoms with Crippen molar-refractivity contribution in [2.45, 2.75) is 52.9 Å². The van der Waals surface area contributed by atoms with Crippen LogP contribution in [0.5, 0.6) is 0 Å². The van der Waals surface area contributed by atoms with E-state index in [1.165, 1.54) is 45.4 Å². The van der Waals surface area contributed by atoms with Crippen LogP contribution >= 0.6 is 0 Å². The van der Waals surface area contributed by atoms with Gasteiger partial charge in [0.05, 0.1) is 0 Å². The number of anilines is 12. The summed E-state index contributed by atoms with van der Waals surface area (Å²) < 4.78 is 0. The predicted octanol–water partition coefficient (Wildman–Crippen LogP) is 23.0. The minimum Gasteiger partial charge on any atom is -0.311 e. The highest BCUT2D eigenvalue weighted by Crippen LogP contribution is 2.43. The molecule has 410 valence electrons. The Bertz CT molecular complexity index is 3990. The zero-order valence-corrected chi connectivity index (χ0v) is 48.4. The molecular formula is C80H70N4. The summed E-state index contributed by atoms with van der Waals surface area (Å²) in [6.07, 6.45) is 3.10. The number of aryl methyl sites for hydroxylation is 2. The van der Waals surface area contributed by atoms with Gasteiger partial charge in [0, 0.05) is 68.2 Å². The highest BCUT2D eigenvalue weighted by atomic mass is 15.2. The summed E-state index contributed by atoms with van der Waals surface area (Å²) in [5, 5.41) is 0. The Morgan fingerprint density at radius 2 is 0.548 bits per heavy atom. The highest BCUT2D eigenvalue weighted by molar-refractivity contribution is 5.85. The van der Waals surface area contributed by atoms with Crippen LogP contribution in [0.15, 0.2) is 309 Å². The highest BCUT2D eigenvalue weighted by Gasteiger charge is 2.20. The Balaban J connectivity index is 0.829. The van der Waals surface area contributed by atoms with Gasteiger partial charge in [-0.15, -0.1) is 0 Å². The van der Waals surface area contributed by atoms with E-state index in [1.807, 2.05) is 0 Å². The van der Waals surface area contributed by atoms with E-state index in [0.29, 0.717) is 5.92 Å². The molecule has 12 aromatic rings. The number of benzene rings is 12. The van der Waals surface area contributed by atoms with Gasteiger partial charge in [0.15, 0.2) is 0 Å². The summed E-state index contributed by atoms with van der Waals surface area (Å²) in [5.41, 5.74) is 24.5. The van der Waals surface area contributed by atoms with Gasteiger partial charge >= 0.3 is 0 Å². The zero-order valence-electron chi connectivity index (χ0n) is 48.4. The normalized spacial score (nSPS) is 11.4. The molecule has 0 spiro atoms. The van der Waals surface area contributed by atoms with Crippen molar-refractivity contribution in [2.75, 3.05) is 19.6 Å². The smallest absolute Gasteiger partial charge is 0.0464 e. The molecule has 0 aliphatic rings. The summed E-state index contributed by atoms with van der Waals surface area (Å²) in [6, 6.07) is 112. The molecule has 0 heterocycles. The van der Waals surface area contributed by atoms with E-state index in [2.05, 4.69) is 357 Å². The number of rotatable bonds is 19. The van der Waals surface area contributed by atoms with Gasteiger partial charge in [-0.1, -0.05) is 184 Å². The summed E-state index contributed by atoms with van der Waals surface area (Å²) >= 11 is 0. The fraction of sp³-hybridized carbons (Fsp3) is 0.100. The Morgan fingerprint density at radius 3 is 0.881 bits per heavy atom. The first-order chi connectivity index (χ1) is 41.3. The first kappa shape index (κ1) is 54.4. The van der Waals surface area contributed by atoms with Crippen LogP contribution in [0.3, 0.4) is 0 Å². The van der Waals surface area contributed by atoms with Crippen LogP contribution in [-0.4, -0.2) is 0 Å². The van der Waals surface area contributed by atoms with Gasteiger partial charge in [0.2, 0.25) is 0 Å². The average molecular weight is 1090 g/mol. The number of para-hydroxylation sites is 5. The van der Waals surface area contributed by atoms with E-state index >= 15 is 0 Å². The minimum absolute atomic E-state index is 0.499. The summed E-state index contributed by atoms with van der Waals surface area (Å²) in [6.45, 7) is 9.10. The van der Waals surface area contributed by atoms with E-state index < -0.39 is 0 Å². The lowest BCUT2D eigenvalue weighted by atomic mass is 9.94. The Kier molecular flexibility index (Phi) is 16.4. The molecule has 0 aromatic heterocycles. The van der Waals surface area contributed by atoms with Gasteiger partial charge in [-0.05, 0) is 228 Å². The van der Waals surface area contributed by atoms with Crippen molar-refractivity contribution in [2.24, 2.45) is 0 Å². The molecule has 0 bridgehead atoms.